The first-order valence-corrected chi connectivity index (χ1v) is 10.6. The average molecular weight is 501 g/mol. The van der Waals surface area contributed by atoms with Crippen LogP contribution in [0.3, 0.4) is 0 Å². The van der Waals surface area contributed by atoms with Crippen LogP contribution in [-0.4, -0.2) is 33.7 Å². The zero-order chi connectivity index (χ0) is 18.8. The molecule has 148 valence electrons. The molecule has 0 heterocycles. The van der Waals surface area contributed by atoms with Crippen molar-refractivity contribution in [3.63, 3.8) is 0 Å². The van der Waals surface area contributed by atoms with Gasteiger partial charge in [-0.2, -0.15) is 0 Å². The number of benzene rings is 2. The molecule has 0 spiro atoms. The second kappa shape index (κ2) is 12.0. The van der Waals surface area contributed by atoms with Crippen molar-refractivity contribution in [2.45, 2.75) is 25.6 Å². The Bertz CT molecular complexity index is 824. The van der Waals surface area contributed by atoms with Crippen molar-refractivity contribution < 1.29 is 8.42 Å². The van der Waals surface area contributed by atoms with E-state index in [0.29, 0.717) is 25.5 Å². The van der Waals surface area contributed by atoms with Gasteiger partial charge in [-0.15, -0.1) is 24.0 Å². The number of guanidine groups is 1. The minimum Gasteiger partial charge on any atom is -0.356 e. The maximum atomic E-state index is 12.2. The van der Waals surface area contributed by atoms with Gasteiger partial charge >= 0.3 is 0 Å². The van der Waals surface area contributed by atoms with Crippen LogP contribution < -0.4 is 10.6 Å². The molecule has 0 aromatic heterocycles. The molecule has 0 atom stereocenters. The maximum absolute atomic E-state index is 12.2. The minimum absolute atomic E-state index is 0. The number of hydrogen-bond donors (Lipinski definition) is 2. The summed E-state index contributed by atoms with van der Waals surface area (Å²) in [6, 6.07) is 17.5. The van der Waals surface area contributed by atoms with Gasteiger partial charge < -0.3 is 10.6 Å². The highest BCUT2D eigenvalue weighted by Gasteiger charge is 2.11. The summed E-state index contributed by atoms with van der Waals surface area (Å²) in [6.45, 7) is 3.31. The summed E-state index contributed by atoms with van der Waals surface area (Å²) in [5.74, 6) is 0.923. The van der Waals surface area contributed by atoms with E-state index in [9.17, 15) is 8.42 Å². The van der Waals surface area contributed by atoms with Crippen molar-refractivity contribution in [1.82, 2.24) is 10.6 Å². The van der Waals surface area contributed by atoms with E-state index in [-0.39, 0.29) is 35.5 Å². The number of nitrogens with zero attached hydrogens (tertiary/aromatic N) is 1. The fraction of sp³-hybridized carbons (Fsp3) is 0.350. The molecule has 7 heteroatoms. The Morgan fingerprint density at radius 2 is 1.67 bits per heavy atom. The van der Waals surface area contributed by atoms with Gasteiger partial charge in [0.25, 0.3) is 0 Å². The van der Waals surface area contributed by atoms with E-state index in [1.54, 1.807) is 7.05 Å². The highest BCUT2D eigenvalue weighted by atomic mass is 127. The van der Waals surface area contributed by atoms with E-state index in [1.165, 1.54) is 11.1 Å². The Kier molecular flexibility index (Phi) is 10.4. The predicted molar refractivity (Wildman–Crippen MR) is 123 cm³/mol. The molecule has 0 aliphatic heterocycles. The fourth-order valence-electron chi connectivity index (χ4n) is 2.61. The van der Waals surface area contributed by atoms with Crippen LogP contribution in [0.1, 0.15) is 23.1 Å². The van der Waals surface area contributed by atoms with Gasteiger partial charge in [0.15, 0.2) is 15.8 Å². The van der Waals surface area contributed by atoms with Crippen molar-refractivity contribution in [3.05, 3.63) is 71.3 Å². The molecule has 0 aliphatic rings. The first-order chi connectivity index (χ1) is 12.5. The van der Waals surface area contributed by atoms with Gasteiger partial charge in [0, 0.05) is 20.1 Å². The second-order valence-corrected chi connectivity index (χ2v) is 8.39. The third-order valence-corrected chi connectivity index (χ3v) is 5.77. The predicted octanol–water partition coefficient (Wildman–Crippen LogP) is 3.28. The first kappa shape index (κ1) is 23.4. The molecule has 0 saturated carbocycles. The van der Waals surface area contributed by atoms with Gasteiger partial charge in [-0.25, -0.2) is 8.42 Å². The summed E-state index contributed by atoms with van der Waals surface area (Å²) in [5.41, 5.74) is 3.26. The van der Waals surface area contributed by atoms with Crippen LogP contribution in [0.2, 0.25) is 0 Å². The smallest absolute Gasteiger partial charge is 0.191 e. The van der Waals surface area contributed by atoms with Gasteiger partial charge in [0.2, 0.25) is 0 Å². The second-order valence-electron chi connectivity index (χ2n) is 6.21. The molecule has 2 aromatic carbocycles. The van der Waals surface area contributed by atoms with E-state index in [1.807, 2.05) is 42.5 Å². The Labute approximate surface area is 179 Å². The highest BCUT2D eigenvalue weighted by Crippen LogP contribution is 2.07. The van der Waals surface area contributed by atoms with Gasteiger partial charge in [-0.3, -0.25) is 4.99 Å². The highest BCUT2D eigenvalue weighted by molar-refractivity contribution is 14.0. The summed E-state index contributed by atoms with van der Waals surface area (Å²) in [6.07, 6.45) is 0.542. The molecule has 2 N–H and O–H groups in total. The summed E-state index contributed by atoms with van der Waals surface area (Å²) in [4.78, 5) is 4.18. The third-order valence-electron chi connectivity index (χ3n) is 4.09. The van der Waals surface area contributed by atoms with Gasteiger partial charge in [-0.05, 0) is 30.0 Å². The molecule has 2 rings (SSSR count). The molecule has 0 saturated heterocycles. The van der Waals surface area contributed by atoms with Gasteiger partial charge in [0.1, 0.15) is 0 Å². The average Bonchev–Trinajstić information content (AvgIpc) is 2.63. The Hall–Kier alpha value is -1.61. The Morgan fingerprint density at radius 1 is 1.00 bits per heavy atom. The number of hydrogen-bond acceptors (Lipinski definition) is 3. The SMILES string of the molecule is CN=C(NCCCS(=O)(=O)Cc1ccccc1)NCc1ccccc1C.I. The van der Waals surface area contributed by atoms with E-state index in [4.69, 9.17) is 0 Å². The lowest BCUT2D eigenvalue weighted by molar-refractivity contribution is 0.591. The van der Waals surface area contributed by atoms with E-state index in [0.717, 1.165) is 5.56 Å². The first-order valence-electron chi connectivity index (χ1n) is 8.73. The molecule has 0 fully saturated rings. The lowest BCUT2D eigenvalue weighted by atomic mass is 10.1. The molecule has 0 aliphatic carbocycles. The summed E-state index contributed by atoms with van der Waals surface area (Å²) in [5, 5.41) is 6.42. The number of rotatable bonds is 8. The number of aryl methyl sites for hydroxylation is 1. The Balaban J connectivity index is 0.00000364. The molecule has 27 heavy (non-hydrogen) atoms. The summed E-state index contributed by atoms with van der Waals surface area (Å²) in [7, 11) is -1.39. The van der Waals surface area contributed by atoms with Gasteiger partial charge in [-0.1, -0.05) is 54.6 Å². The molecule has 0 amide bonds. The van der Waals surface area contributed by atoms with Crippen LogP contribution in [0.15, 0.2) is 59.6 Å². The topological polar surface area (TPSA) is 70.6 Å². The van der Waals surface area contributed by atoms with Crippen LogP contribution in [0.5, 0.6) is 0 Å². The number of nitrogens with one attached hydrogen (secondary N) is 2. The third kappa shape index (κ3) is 8.75. The standard InChI is InChI=1S/C20H27N3O2S.HI/c1-17-9-6-7-12-19(17)15-23-20(21-2)22-13-8-14-26(24,25)16-18-10-4-3-5-11-18;/h3-7,9-12H,8,13-16H2,1-2H3,(H2,21,22,23);1H. The number of aliphatic imine (C=N–C) groups is 1. The van der Waals surface area contributed by atoms with Crippen LogP contribution in [0.25, 0.3) is 0 Å². The fourth-order valence-corrected chi connectivity index (χ4v) is 4.04. The number of halogens is 1. The number of sulfone groups is 1. The van der Waals surface area contributed by atoms with Crippen molar-refractivity contribution >= 4 is 39.8 Å². The minimum atomic E-state index is -3.10. The molecular weight excluding hydrogens is 473 g/mol. The summed E-state index contributed by atoms with van der Waals surface area (Å²) < 4.78 is 24.4. The van der Waals surface area contributed by atoms with E-state index >= 15 is 0 Å². The normalized spacial score (nSPS) is 11.6. The van der Waals surface area contributed by atoms with Gasteiger partial charge in [0.05, 0.1) is 11.5 Å². The molecular formula is C20H28IN3O2S. The van der Waals surface area contributed by atoms with Crippen molar-refractivity contribution in [1.29, 1.82) is 0 Å². The zero-order valence-corrected chi connectivity index (χ0v) is 19.0. The van der Waals surface area contributed by atoms with Crippen molar-refractivity contribution in [2.24, 2.45) is 4.99 Å². The lowest BCUT2D eigenvalue weighted by Crippen LogP contribution is -2.37. The largest absolute Gasteiger partial charge is 0.356 e. The van der Waals surface area contributed by atoms with Crippen molar-refractivity contribution in [3.8, 4) is 0 Å². The summed E-state index contributed by atoms with van der Waals surface area (Å²) >= 11 is 0. The molecule has 5 nitrogen and oxygen atoms in total. The Morgan fingerprint density at radius 3 is 2.33 bits per heavy atom. The van der Waals surface area contributed by atoms with E-state index in [2.05, 4.69) is 34.7 Å². The molecule has 0 radical (unpaired) electrons. The van der Waals surface area contributed by atoms with Crippen LogP contribution in [-0.2, 0) is 22.1 Å². The van der Waals surface area contributed by atoms with E-state index < -0.39 is 9.84 Å². The lowest BCUT2D eigenvalue weighted by Gasteiger charge is -2.13. The maximum Gasteiger partial charge on any atom is 0.191 e. The molecule has 0 unspecified atom stereocenters. The molecule has 2 aromatic rings. The van der Waals surface area contributed by atoms with Crippen molar-refractivity contribution in [2.75, 3.05) is 19.3 Å². The monoisotopic (exact) mass is 501 g/mol. The zero-order valence-electron chi connectivity index (χ0n) is 15.8. The van der Waals surface area contributed by atoms with Crippen LogP contribution in [0.4, 0.5) is 0 Å². The quantitative estimate of drug-likeness (QED) is 0.252. The van der Waals surface area contributed by atoms with Crippen LogP contribution >= 0.6 is 24.0 Å². The molecule has 0 bridgehead atoms. The van der Waals surface area contributed by atoms with Crippen LogP contribution in [0, 0.1) is 6.92 Å².